The van der Waals surface area contributed by atoms with Crippen molar-refractivity contribution >= 4 is 11.4 Å². The van der Waals surface area contributed by atoms with E-state index >= 15 is 0 Å². The average Bonchev–Trinajstić information content (AvgIpc) is 2.30. The first-order valence-corrected chi connectivity index (χ1v) is 5.54. The molecule has 0 aliphatic rings. The number of hydrogen-bond donors (Lipinski definition) is 3. The molecule has 2 aromatic carbocycles. The van der Waals surface area contributed by atoms with Crippen molar-refractivity contribution in [1.82, 2.24) is 0 Å². The molecule has 0 aliphatic heterocycles. The molecule has 0 aliphatic carbocycles. The van der Waals surface area contributed by atoms with Gasteiger partial charge in [-0.3, -0.25) is 0 Å². The Bertz CT molecular complexity index is 503. The van der Waals surface area contributed by atoms with Crippen LogP contribution in [-0.2, 0) is 6.54 Å². The van der Waals surface area contributed by atoms with Crippen LogP contribution in [0.25, 0.3) is 0 Å². The number of nitrogens with two attached hydrogens (primary N) is 1. The third kappa shape index (κ3) is 2.50. The zero-order valence-corrected chi connectivity index (χ0v) is 9.77. The number of benzene rings is 2. The van der Waals surface area contributed by atoms with Gasteiger partial charge in [0, 0.05) is 23.5 Å². The van der Waals surface area contributed by atoms with Crippen LogP contribution in [0.2, 0.25) is 0 Å². The predicted octanol–water partition coefficient (Wildman–Crippen LogP) is 2.89. The van der Waals surface area contributed by atoms with Crippen LogP contribution in [0, 0.1) is 6.92 Å². The van der Waals surface area contributed by atoms with E-state index in [4.69, 9.17) is 5.73 Å². The first kappa shape index (κ1) is 11.3. The zero-order valence-electron chi connectivity index (χ0n) is 9.77. The SMILES string of the molecule is Cc1ccccc1NCc1c(N)cccc1O. The summed E-state index contributed by atoms with van der Waals surface area (Å²) in [6.07, 6.45) is 0. The van der Waals surface area contributed by atoms with Crippen molar-refractivity contribution in [3.63, 3.8) is 0 Å². The van der Waals surface area contributed by atoms with Gasteiger partial charge < -0.3 is 16.2 Å². The molecule has 0 radical (unpaired) electrons. The van der Waals surface area contributed by atoms with Crippen LogP contribution in [0.1, 0.15) is 11.1 Å². The lowest BCUT2D eigenvalue weighted by molar-refractivity contribution is 0.469. The van der Waals surface area contributed by atoms with Crippen molar-refractivity contribution in [3.05, 3.63) is 53.6 Å². The van der Waals surface area contributed by atoms with Crippen LogP contribution in [-0.4, -0.2) is 5.11 Å². The minimum atomic E-state index is 0.228. The Labute approximate surface area is 101 Å². The molecule has 0 fully saturated rings. The predicted molar refractivity (Wildman–Crippen MR) is 71.0 cm³/mol. The van der Waals surface area contributed by atoms with Crippen LogP contribution in [0.5, 0.6) is 5.75 Å². The van der Waals surface area contributed by atoms with Gasteiger partial charge in [0.25, 0.3) is 0 Å². The lowest BCUT2D eigenvalue weighted by atomic mass is 10.1. The molecule has 0 amide bonds. The molecule has 88 valence electrons. The van der Waals surface area contributed by atoms with Gasteiger partial charge in [0.05, 0.1) is 0 Å². The number of rotatable bonds is 3. The Morgan fingerprint density at radius 1 is 1.12 bits per heavy atom. The Morgan fingerprint density at radius 2 is 1.88 bits per heavy atom. The van der Waals surface area contributed by atoms with Crippen LogP contribution < -0.4 is 11.1 Å². The quantitative estimate of drug-likeness (QED) is 0.708. The van der Waals surface area contributed by atoms with E-state index in [0.717, 1.165) is 11.3 Å². The second kappa shape index (κ2) is 4.78. The molecular formula is C14H16N2O. The second-order valence-electron chi connectivity index (χ2n) is 4.01. The smallest absolute Gasteiger partial charge is 0.122 e. The fourth-order valence-electron chi connectivity index (χ4n) is 1.74. The van der Waals surface area contributed by atoms with Gasteiger partial charge in [0.2, 0.25) is 0 Å². The molecule has 0 aromatic heterocycles. The minimum absolute atomic E-state index is 0.228. The first-order chi connectivity index (χ1) is 8.18. The van der Waals surface area contributed by atoms with Gasteiger partial charge in [-0.25, -0.2) is 0 Å². The Morgan fingerprint density at radius 3 is 2.59 bits per heavy atom. The molecule has 17 heavy (non-hydrogen) atoms. The van der Waals surface area contributed by atoms with Crippen LogP contribution in [0.15, 0.2) is 42.5 Å². The summed E-state index contributed by atoms with van der Waals surface area (Å²) in [6.45, 7) is 2.56. The zero-order chi connectivity index (χ0) is 12.3. The van der Waals surface area contributed by atoms with Crippen molar-refractivity contribution in [2.75, 3.05) is 11.1 Å². The summed E-state index contributed by atoms with van der Waals surface area (Å²) in [7, 11) is 0. The van der Waals surface area contributed by atoms with Crippen LogP contribution in [0.3, 0.4) is 0 Å². The molecule has 4 N–H and O–H groups in total. The molecule has 2 rings (SSSR count). The van der Waals surface area contributed by atoms with E-state index in [1.165, 1.54) is 5.56 Å². The highest BCUT2D eigenvalue weighted by molar-refractivity contribution is 5.57. The van der Waals surface area contributed by atoms with Gasteiger partial charge in [-0.2, -0.15) is 0 Å². The maximum Gasteiger partial charge on any atom is 0.122 e. The summed E-state index contributed by atoms with van der Waals surface area (Å²) in [5, 5.41) is 13.0. The topological polar surface area (TPSA) is 58.3 Å². The summed E-state index contributed by atoms with van der Waals surface area (Å²) in [5.74, 6) is 0.228. The van der Waals surface area contributed by atoms with Gasteiger partial charge in [0.15, 0.2) is 0 Å². The maximum atomic E-state index is 9.72. The van der Waals surface area contributed by atoms with Crippen LogP contribution >= 0.6 is 0 Å². The number of nitrogens with one attached hydrogen (secondary N) is 1. The molecule has 0 saturated carbocycles. The van der Waals surface area contributed by atoms with Gasteiger partial charge in [-0.15, -0.1) is 0 Å². The van der Waals surface area contributed by atoms with Crippen molar-refractivity contribution in [2.45, 2.75) is 13.5 Å². The van der Waals surface area contributed by atoms with Crippen molar-refractivity contribution in [3.8, 4) is 5.75 Å². The lowest BCUT2D eigenvalue weighted by Gasteiger charge is -2.12. The monoisotopic (exact) mass is 228 g/mol. The molecule has 3 heteroatoms. The average molecular weight is 228 g/mol. The number of nitrogen functional groups attached to an aromatic ring is 1. The van der Waals surface area contributed by atoms with E-state index in [-0.39, 0.29) is 5.75 Å². The molecule has 0 unspecified atom stereocenters. The standard InChI is InChI=1S/C14H16N2O/c1-10-5-2-3-7-13(10)16-9-11-12(15)6-4-8-14(11)17/h2-8,16-17H,9,15H2,1H3. The van der Waals surface area contributed by atoms with E-state index in [2.05, 4.69) is 5.32 Å². The summed E-state index contributed by atoms with van der Waals surface area (Å²) >= 11 is 0. The van der Waals surface area contributed by atoms with Crippen molar-refractivity contribution in [2.24, 2.45) is 0 Å². The number of para-hydroxylation sites is 1. The lowest BCUT2D eigenvalue weighted by Crippen LogP contribution is -2.04. The third-order valence-corrected chi connectivity index (χ3v) is 2.79. The maximum absolute atomic E-state index is 9.72. The second-order valence-corrected chi connectivity index (χ2v) is 4.01. The molecule has 2 aromatic rings. The molecule has 0 spiro atoms. The number of phenols is 1. The van der Waals surface area contributed by atoms with Crippen molar-refractivity contribution in [1.29, 1.82) is 0 Å². The largest absolute Gasteiger partial charge is 0.508 e. The molecule has 3 nitrogen and oxygen atoms in total. The highest BCUT2D eigenvalue weighted by Gasteiger charge is 2.05. The summed E-state index contributed by atoms with van der Waals surface area (Å²) in [6, 6.07) is 13.2. The number of aromatic hydroxyl groups is 1. The summed E-state index contributed by atoms with van der Waals surface area (Å²) in [5.41, 5.74) is 9.38. The Balaban J connectivity index is 2.16. The normalized spacial score (nSPS) is 10.2. The first-order valence-electron chi connectivity index (χ1n) is 5.54. The Hall–Kier alpha value is -2.16. The molecule has 0 bridgehead atoms. The highest BCUT2D eigenvalue weighted by Crippen LogP contribution is 2.24. The van der Waals surface area contributed by atoms with E-state index in [1.807, 2.05) is 31.2 Å². The van der Waals surface area contributed by atoms with E-state index in [1.54, 1.807) is 18.2 Å². The molecule has 0 heterocycles. The number of hydrogen-bond acceptors (Lipinski definition) is 3. The van der Waals surface area contributed by atoms with Crippen molar-refractivity contribution < 1.29 is 5.11 Å². The number of phenolic OH excluding ortho intramolecular Hbond substituents is 1. The number of anilines is 2. The summed E-state index contributed by atoms with van der Waals surface area (Å²) in [4.78, 5) is 0. The fourth-order valence-corrected chi connectivity index (χ4v) is 1.74. The van der Waals surface area contributed by atoms with E-state index < -0.39 is 0 Å². The van der Waals surface area contributed by atoms with Gasteiger partial charge in [-0.05, 0) is 30.7 Å². The van der Waals surface area contributed by atoms with Gasteiger partial charge >= 0.3 is 0 Å². The Kier molecular flexibility index (Phi) is 3.19. The van der Waals surface area contributed by atoms with Gasteiger partial charge in [0.1, 0.15) is 5.75 Å². The van der Waals surface area contributed by atoms with E-state index in [9.17, 15) is 5.11 Å². The third-order valence-electron chi connectivity index (χ3n) is 2.79. The highest BCUT2D eigenvalue weighted by atomic mass is 16.3. The number of aryl methyl sites for hydroxylation is 1. The molecule has 0 saturated heterocycles. The van der Waals surface area contributed by atoms with Gasteiger partial charge in [-0.1, -0.05) is 24.3 Å². The van der Waals surface area contributed by atoms with E-state index in [0.29, 0.717) is 12.2 Å². The van der Waals surface area contributed by atoms with Crippen LogP contribution in [0.4, 0.5) is 11.4 Å². The minimum Gasteiger partial charge on any atom is -0.508 e. The molecular weight excluding hydrogens is 212 g/mol. The molecule has 0 atom stereocenters. The fraction of sp³-hybridized carbons (Fsp3) is 0.143. The summed E-state index contributed by atoms with van der Waals surface area (Å²) < 4.78 is 0.